The summed E-state index contributed by atoms with van der Waals surface area (Å²) in [7, 11) is 7.61. The minimum absolute atomic E-state index is 0.281. The fourth-order valence-corrected chi connectivity index (χ4v) is 4.53. The van der Waals surface area contributed by atoms with Gasteiger partial charge in [-0.05, 0) is 38.4 Å². The van der Waals surface area contributed by atoms with Crippen LogP contribution in [-0.4, -0.2) is 79.9 Å². The standard InChI is InChI=1S/C32H37N7O3/c1-7-18-42-19-17-39-22-24(23-11-9-10-12-28(23)39)25-13-14-33-32(35-25)36-27-20-26(34-31(40)8-2)29(21-30(27)41-6)38(5)16-15-37(3)4/h1,8-14,20-22H,2,15-19H2,3-6H3,(H,34,40)(H,33,35,36). The fraction of sp³-hybridized carbons (Fsp3) is 0.281. The Balaban J connectivity index is 1.67. The van der Waals surface area contributed by atoms with Gasteiger partial charge in [0.2, 0.25) is 11.9 Å². The molecule has 0 saturated heterocycles. The molecule has 0 aliphatic carbocycles. The van der Waals surface area contributed by atoms with Crippen molar-refractivity contribution in [1.82, 2.24) is 19.4 Å². The summed E-state index contributed by atoms with van der Waals surface area (Å²) in [6, 6.07) is 13.7. The topological polar surface area (TPSA) is 96.8 Å². The van der Waals surface area contributed by atoms with Gasteiger partial charge >= 0.3 is 0 Å². The van der Waals surface area contributed by atoms with E-state index < -0.39 is 0 Å². The second-order valence-corrected chi connectivity index (χ2v) is 9.89. The molecule has 0 spiro atoms. The molecular formula is C32H37N7O3. The summed E-state index contributed by atoms with van der Waals surface area (Å²) in [5, 5.41) is 7.27. The van der Waals surface area contributed by atoms with Crippen molar-refractivity contribution < 1.29 is 14.3 Å². The molecule has 0 aliphatic heterocycles. The summed E-state index contributed by atoms with van der Waals surface area (Å²) in [6.45, 7) is 6.61. The minimum atomic E-state index is -0.312. The van der Waals surface area contributed by atoms with Crippen molar-refractivity contribution in [3.05, 3.63) is 67.5 Å². The third-order valence-electron chi connectivity index (χ3n) is 6.68. The summed E-state index contributed by atoms with van der Waals surface area (Å²) >= 11 is 0. The van der Waals surface area contributed by atoms with E-state index in [9.17, 15) is 4.79 Å². The van der Waals surface area contributed by atoms with Gasteiger partial charge in [-0.2, -0.15) is 0 Å². The Morgan fingerprint density at radius 3 is 2.71 bits per heavy atom. The maximum atomic E-state index is 12.3. The summed E-state index contributed by atoms with van der Waals surface area (Å²) in [5.41, 5.74) is 4.82. The number of likely N-dealkylation sites (N-methyl/N-ethyl adjacent to an activating group) is 2. The van der Waals surface area contributed by atoms with Gasteiger partial charge in [-0.1, -0.05) is 30.7 Å². The predicted octanol–water partition coefficient (Wildman–Crippen LogP) is 4.62. The van der Waals surface area contributed by atoms with Crippen LogP contribution >= 0.6 is 0 Å². The lowest BCUT2D eigenvalue weighted by molar-refractivity contribution is -0.111. The Labute approximate surface area is 247 Å². The first kappa shape index (κ1) is 30.1. The molecule has 218 valence electrons. The number of terminal acetylenes is 1. The van der Waals surface area contributed by atoms with Crippen molar-refractivity contribution in [1.29, 1.82) is 0 Å². The van der Waals surface area contributed by atoms with Crippen LogP contribution in [0, 0.1) is 12.3 Å². The number of rotatable bonds is 14. The highest BCUT2D eigenvalue weighted by Gasteiger charge is 2.17. The van der Waals surface area contributed by atoms with Gasteiger partial charge in [0.25, 0.3) is 0 Å². The molecule has 4 rings (SSSR count). The van der Waals surface area contributed by atoms with E-state index in [1.54, 1.807) is 13.3 Å². The van der Waals surface area contributed by atoms with E-state index in [-0.39, 0.29) is 12.5 Å². The molecule has 42 heavy (non-hydrogen) atoms. The van der Waals surface area contributed by atoms with E-state index >= 15 is 0 Å². The number of fused-ring (bicyclic) bond motifs is 1. The Morgan fingerprint density at radius 1 is 1.17 bits per heavy atom. The Kier molecular flexibility index (Phi) is 10.2. The van der Waals surface area contributed by atoms with E-state index in [4.69, 9.17) is 20.9 Å². The van der Waals surface area contributed by atoms with Gasteiger partial charge in [-0.3, -0.25) is 4.79 Å². The van der Waals surface area contributed by atoms with Crippen molar-refractivity contribution in [2.75, 3.05) is 70.1 Å². The number of amides is 1. The summed E-state index contributed by atoms with van der Waals surface area (Å²) in [4.78, 5) is 25.8. The lowest BCUT2D eigenvalue weighted by Crippen LogP contribution is -2.29. The molecule has 4 aromatic rings. The quantitative estimate of drug-likeness (QED) is 0.129. The average Bonchev–Trinajstić information content (AvgIpc) is 3.37. The number of nitrogens with one attached hydrogen (secondary N) is 2. The Morgan fingerprint density at radius 2 is 1.98 bits per heavy atom. The van der Waals surface area contributed by atoms with Gasteiger partial charge in [0.05, 0.1) is 36.5 Å². The van der Waals surface area contributed by atoms with Crippen molar-refractivity contribution in [2.45, 2.75) is 6.54 Å². The number of para-hydroxylation sites is 1. The van der Waals surface area contributed by atoms with E-state index in [0.29, 0.717) is 36.2 Å². The first-order chi connectivity index (χ1) is 20.3. The van der Waals surface area contributed by atoms with Crippen LogP contribution in [0.1, 0.15) is 0 Å². The SMILES string of the molecule is C#CCOCCn1cc(-c2ccnc(Nc3cc(NC(=O)C=C)c(N(C)CCN(C)C)cc3OC)n2)c2ccccc21. The average molecular weight is 568 g/mol. The van der Waals surface area contributed by atoms with Gasteiger partial charge in [0.15, 0.2) is 0 Å². The molecule has 0 radical (unpaired) electrons. The van der Waals surface area contributed by atoms with Gasteiger partial charge in [-0.15, -0.1) is 6.42 Å². The van der Waals surface area contributed by atoms with Crippen molar-refractivity contribution >= 4 is 39.8 Å². The number of ether oxygens (including phenoxy) is 2. The highest BCUT2D eigenvalue weighted by Crippen LogP contribution is 2.38. The molecule has 2 N–H and O–H groups in total. The smallest absolute Gasteiger partial charge is 0.247 e. The van der Waals surface area contributed by atoms with Gasteiger partial charge in [0, 0.05) is 61.6 Å². The van der Waals surface area contributed by atoms with Gasteiger partial charge < -0.3 is 34.5 Å². The van der Waals surface area contributed by atoms with Crippen LogP contribution in [0.3, 0.4) is 0 Å². The maximum Gasteiger partial charge on any atom is 0.247 e. The molecule has 1 amide bonds. The molecule has 0 atom stereocenters. The first-order valence-electron chi connectivity index (χ1n) is 13.6. The third kappa shape index (κ3) is 7.26. The van der Waals surface area contributed by atoms with E-state index in [1.807, 2.05) is 51.5 Å². The zero-order valence-corrected chi connectivity index (χ0v) is 24.6. The zero-order valence-electron chi connectivity index (χ0n) is 24.6. The Hall–Kier alpha value is -4.85. The molecule has 2 heterocycles. The zero-order chi connectivity index (χ0) is 30.1. The number of anilines is 4. The van der Waals surface area contributed by atoms with Gasteiger partial charge in [-0.25, -0.2) is 9.97 Å². The number of carbonyl (C=O) groups is 1. The van der Waals surface area contributed by atoms with E-state index in [2.05, 4.69) is 60.8 Å². The molecule has 0 aliphatic rings. The van der Waals surface area contributed by atoms with Crippen LogP contribution in [-0.2, 0) is 16.1 Å². The Bertz CT molecular complexity index is 1590. The van der Waals surface area contributed by atoms with Crippen molar-refractivity contribution in [3.8, 4) is 29.4 Å². The van der Waals surface area contributed by atoms with E-state index in [0.717, 1.165) is 40.9 Å². The molecule has 0 fully saturated rings. The first-order valence-corrected chi connectivity index (χ1v) is 13.6. The minimum Gasteiger partial charge on any atom is -0.494 e. The highest BCUT2D eigenvalue weighted by atomic mass is 16.5. The highest BCUT2D eigenvalue weighted by molar-refractivity contribution is 6.02. The summed E-state index contributed by atoms with van der Waals surface area (Å²) < 4.78 is 13.4. The molecule has 0 unspecified atom stereocenters. The molecule has 10 heteroatoms. The van der Waals surface area contributed by atoms with Crippen LogP contribution in [0.25, 0.3) is 22.2 Å². The number of hydrogen-bond acceptors (Lipinski definition) is 8. The van der Waals surface area contributed by atoms with Crippen LogP contribution < -0.4 is 20.3 Å². The lowest BCUT2D eigenvalue weighted by atomic mass is 10.1. The molecule has 2 aromatic carbocycles. The molecule has 2 aromatic heterocycles. The molecule has 0 saturated carbocycles. The largest absolute Gasteiger partial charge is 0.494 e. The number of hydrogen-bond donors (Lipinski definition) is 2. The van der Waals surface area contributed by atoms with Crippen LogP contribution in [0.2, 0.25) is 0 Å². The third-order valence-corrected chi connectivity index (χ3v) is 6.68. The van der Waals surface area contributed by atoms with E-state index in [1.165, 1.54) is 6.08 Å². The van der Waals surface area contributed by atoms with Gasteiger partial charge in [0.1, 0.15) is 12.4 Å². The number of carbonyl (C=O) groups excluding carboxylic acids is 1. The monoisotopic (exact) mass is 567 g/mol. The summed E-state index contributed by atoms with van der Waals surface area (Å²) in [6.07, 6.45) is 10.3. The second kappa shape index (κ2) is 14.2. The number of methoxy groups -OCH3 is 1. The van der Waals surface area contributed by atoms with Crippen LogP contribution in [0.5, 0.6) is 5.75 Å². The van der Waals surface area contributed by atoms with Crippen LogP contribution in [0.4, 0.5) is 23.0 Å². The number of benzene rings is 2. The number of nitrogens with zero attached hydrogens (tertiary/aromatic N) is 5. The lowest BCUT2D eigenvalue weighted by Gasteiger charge is -2.26. The molecule has 0 bridgehead atoms. The fourth-order valence-electron chi connectivity index (χ4n) is 4.53. The second-order valence-electron chi connectivity index (χ2n) is 9.89. The number of aromatic nitrogens is 3. The molecular weight excluding hydrogens is 530 g/mol. The van der Waals surface area contributed by atoms with Crippen molar-refractivity contribution in [3.63, 3.8) is 0 Å². The normalized spacial score (nSPS) is 10.9. The predicted molar refractivity (Wildman–Crippen MR) is 170 cm³/mol. The molecule has 10 nitrogen and oxygen atoms in total. The maximum absolute atomic E-state index is 12.3. The van der Waals surface area contributed by atoms with Crippen molar-refractivity contribution in [2.24, 2.45) is 0 Å². The van der Waals surface area contributed by atoms with Crippen LogP contribution in [0.15, 0.2) is 67.5 Å². The summed E-state index contributed by atoms with van der Waals surface area (Å²) in [5.74, 6) is 3.15.